The molecule has 0 radical (unpaired) electrons. The molecule has 2 heterocycles. The lowest BCUT2D eigenvalue weighted by atomic mass is 10.1. The summed E-state index contributed by atoms with van der Waals surface area (Å²) in [6, 6.07) is 1.91. The summed E-state index contributed by atoms with van der Waals surface area (Å²) in [6.45, 7) is 4.82. The van der Waals surface area contributed by atoms with Crippen LogP contribution in [-0.2, 0) is 16.1 Å². The zero-order chi connectivity index (χ0) is 12.1. The largest absolute Gasteiger partial charge is 0.381 e. The second kappa shape index (κ2) is 5.93. The predicted molar refractivity (Wildman–Crippen MR) is 64.9 cm³/mol. The van der Waals surface area contributed by atoms with Crippen molar-refractivity contribution >= 4 is 5.82 Å². The number of ether oxygens (including phenoxy) is 2. The van der Waals surface area contributed by atoms with Crippen molar-refractivity contribution < 1.29 is 9.47 Å². The van der Waals surface area contributed by atoms with E-state index in [1.807, 2.05) is 20.0 Å². The number of hydrogen-bond donors (Lipinski definition) is 1. The van der Waals surface area contributed by atoms with Gasteiger partial charge >= 0.3 is 0 Å². The quantitative estimate of drug-likeness (QED) is 0.838. The molecular formula is C12H19N3O2. The van der Waals surface area contributed by atoms with Gasteiger partial charge in [0.05, 0.1) is 13.2 Å². The van der Waals surface area contributed by atoms with Gasteiger partial charge in [-0.2, -0.15) is 0 Å². The molecule has 1 saturated heterocycles. The highest BCUT2D eigenvalue weighted by Gasteiger charge is 2.15. The Morgan fingerprint density at radius 1 is 1.53 bits per heavy atom. The molecule has 0 amide bonds. The molecule has 94 valence electrons. The lowest BCUT2D eigenvalue weighted by Crippen LogP contribution is -2.11. The van der Waals surface area contributed by atoms with Crippen LogP contribution < -0.4 is 5.32 Å². The van der Waals surface area contributed by atoms with E-state index in [0.29, 0.717) is 12.5 Å². The summed E-state index contributed by atoms with van der Waals surface area (Å²) in [4.78, 5) is 8.68. The minimum absolute atomic E-state index is 0.465. The molecule has 0 bridgehead atoms. The molecule has 1 aliphatic rings. The first-order chi connectivity index (χ1) is 8.28. The van der Waals surface area contributed by atoms with Gasteiger partial charge in [0.1, 0.15) is 12.4 Å². The lowest BCUT2D eigenvalue weighted by Gasteiger charge is -2.09. The monoisotopic (exact) mass is 237 g/mol. The Balaban J connectivity index is 1.83. The highest BCUT2D eigenvalue weighted by molar-refractivity contribution is 5.34. The van der Waals surface area contributed by atoms with Gasteiger partial charge in [-0.1, -0.05) is 0 Å². The molecule has 0 aliphatic carbocycles. The number of aromatic nitrogens is 2. The van der Waals surface area contributed by atoms with Crippen molar-refractivity contribution in [2.75, 3.05) is 32.2 Å². The maximum Gasteiger partial charge on any atom is 0.156 e. The molecule has 17 heavy (non-hydrogen) atoms. The molecule has 1 fully saturated rings. The van der Waals surface area contributed by atoms with Gasteiger partial charge in [-0.25, -0.2) is 9.97 Å². The summed E-state index contributed by atoms with van der Waals surface area (Å²) in [5.41, 5.74) is 0.951. The van der Waals surface area contributed by atoms with Crippen molar-refractivity contribution in [1.29, 1.82) is 0 Å². The first kappa shape index (κ1) is 12.3. The predicted octanol–water partition coefficient (Wildman–Crippen LogP) is 1.38. The molecule has 5 nitrogen and oxygen atoms in total. The van der Waals surface area contributed by atoms with Gasteiger partial charge in [0.15, 0.2) is 5.82 Å². The van der Waals surface area contributed by atoms with Crippen LogP contribution in [-0.4, -0.2) is 36.8 Å². The van der Waals surface area contributed by atoms with Crippen molar-refractivity contribution in [2.45, 2.75) is 20.0 Å². The van der Waals surface area contributed by atoms with Crippen LogP contribution in [0.2, 0.25) is 0 Å². The van der Waals surface area contributed by atoms with Gasteiger partial charge < -0.3 is 14.8 Å². The van der Waals surface area contributed by atoms with Crippen LogP contribution in [0.1, 0.15) is 17.9 Å². The molecule has 2 rings (SSSR count). The highest BCUT2D eigenvalue weighted by atomic mass is 16.5. The van der Waals surface area contributed by atoms with Gasteiger partial charge in [-0.15, -0.1) is 0 Å². The second-order valence-corrected chi connectivity index (χ2v) is 4.31. The van der Waals surface area contributed by atoms with Crippen LogP contribution in [0.5, 0.6) is 0 Å². The maximum absolute atomic E-state index is 5.63. The van der Waals surface area contributed by atoms with Crippen molar-refractivity contribution in [3.05, 3.63) is 17.6 Å². The van der Waals surface area contributed by atoms with Gasteiger partial charge in [-0.3, -0.25) is 0 Å². The Bertz CT molecular complexity index is 365. The van der Waals surface area contributed by atoms with E-state index in [9.17, 15) is 0 Å². The molecule has 0 saturated carbocycles. The van der Waals surface area contributed by atoms with E-state index in [1.165, 1.54) is 0 Å². The smallest absolute Gasteiger partial charge is 0.156 e. The Morgan fingerprint density at radius 2 is 2.41 bits per heavy atom. The summed E-state index contributed by atoms with van der Waals surface area (Å²) in [6.07, 6.45) is 1.09. The minimum Gasteiger partial charge on any atom is -0.381 e. The van der Waals surface area contributed by atoms with E-state index in [4.69, 9.17) is 9.47 Å². The summed E-state index contributed by atoms with van der Waals surface area (Å²) >= 11 is 0. The molecule has 1 N–H and O–H groups in total. The van der Waals surface area contributed by atoms with Crippen LogP contribution in [0.25, 0.3) is 0 Å². The van der Waals surface area contributed by atoms with Crippen LogP contribution in [0.4, 0.5) is 5.82 Å². The van der Waals surface area contributed by atoms with E-state index in [-0.39, 0.29) is 0 Å². The van der Waals surface area contributed by atoms with E-state index < -0.39 is 0 Å². The maximum atomic E-state index is 5.63. The van der Waals surface area contributed by atoms with Crippen molar-refractivity contribution in [3.63, 3.8) is 0 Å². The molecule has 5 heteroatoms. The average Bonchev–Trinajstić information content (AvgIpc) is 2.81. The Kier molecular flexibility index (Phi) is 4.28. The SMILES string of the molecule is CNc1cc(C)nc(COCC2CCOC2)n1. The summed E-state index contributed by atoms with van der Waals surface area (Å²) in [5, 5.41) is 3.01. The lowest BCUT2D eigenvalue weighted by molar-refractivity contribution is 0.0753. The van der Waals surface area contributed by atoms with Crippen molar-refractivity contribution in [2.24, 2.45) is 5.92 Å². The van der Waals surface area contributed by atoms with Crippen molar-refractivity contribution in [3.8, 4) is 0 Å². The second-order valence-electron chi connectivity index (χ2n) is 4.31. The van der Waals surface area contributed by atoms with E-state index in [1.54, 1.807) is 0 Å². The molecule has 1 atom stereocenters. The number of anilines is 1. The number of nitrogens with zero attached hydrogens (tertiary/aromatic N) is 2. The molecular weight excluding hydrogens is 218 g/mol. The zero-order valence-corrected chi connectivity index (χ0v) is 10.4. The van der Waals surface area contributed by atoms with E-state index in [2.05, 4.69) is 15.3 Å². The Labute approximate surface area is 102 Å². The standard InChI is InChI=1S/C12H19N3O2/c1-9-5-11(13-2)15-12(14-9)8-17-7-10-3-4-16-6-10/h5,10H,3-4,6-8H2,1-2H3,(H,13,14,15). The Morgan fingerprint density at radius 3 is 3.12 bits per heavy atom. The van der Waals surface area contributed by atoms with Gasteiger partial charge in [0, 0.05) is 31.3 Å². The van der Waals surface area contributed by atoms with Crippen LogP contribution in [0.15, 0.2) is 6.07 Å². The molecule has 1 aromatic rings. The van der Waals surface area contributed by atoms with Crippen LogP contribution in [0.3, 0.4) is 0 Å². The molecule has 1 aliphatic heterocycles. The summed E-state index contributed by atoms with van der Waals surface area (Å²) in [7, 11) is 1.85. The molecule has 0 spiro atoms. The third-order valence-corrected chi connectivity index (χ3v) is 2.77. The first-order valence-electron chi connectivity index (χ1n) is 5.95. The van der Waals surface area contributed by atoms with Gasteiger partial charge in [-0.05, 0) is 13.3 Å². The number of nitrogens with one attached hydrogen (secondary N) is 1. The average molecular weight is 237 g/mol. The van der Waals surface area contributed by atoms with Crippen LogP contribution in [0, 0.1) is 12.8 Å². The van der Waals surface area contributed by atoms with Gasteiger partial charge in [0.2, 0.25) is 0 Å². The van der Waals surface area contributed by atoms with Crippen LogP contribution >= 0.6 is 0 Å². The Hall–Kier alpha value is -1.20. The third kappa shape index (κ3) is 3.64. The zero-order valence-electron chi connectivity index (χ0n) is 10.4. The molecule has 1 unspecified atom stereocenters. The fourth-order valence-corrected chi connectivity index (χ4v) is 1.85. The number of rotatable bonds is 5. The molecule has 1 aromatic heterocycles. The number of hydrogen-bond acceptors (Lipinski definition) is 5. The number of aryl methyl sites for hydroxylation is 1. The van der Waals surface area contributed by atoms with E-state index >= 15 is 0 Å². The van der Waals surface area contributed by atoms with Gasteiger partial charge in [0.25, 0.3) is 0 Å². The normalized spacial score (nSPS) is 19.5. The highest BCUT2D eigenvalue weighted by Crippen LogP contribution is 2.13. The third-order valence-electron chi connectivity index (χ3n) is 2.77. The molecule has 0 aromatic carbocycles. The fraction of sp³-hybridized carbons (Fsp3) is 0.667. The minimum atomic E-state index is 0.465. The summed E-state index contributed by atoms with van der Waals surface area (Å²) < 4.78 is 10.9. The van der Waals surface area contributed by atoms with Crippen molar-refractivity contribution in [1.82, 2.24) is 9.97 Å². The first-order valence-corrected chi connectivity index (χ1v) is 5.95. The fourth-order valence-electron chi connectivity index (χ4n) is 1.85. The topological polar surface area (TPSA) is 56.3 Å². The summed E-state index contributed by atoms with van der Waals surface area (Å²) in [5.74, 6) is 2.09. The van der Waals surface area contributed by atoms with E-state index in [0.717, 1.165) is 43.6 Å².